The van der Waals surface area contributed by atoms with Crippen LogP contribution in [0.3, 0.4) is 0 Å². The SMILES string of the molecule is CC(C)COC(C)OCC(=O)CCCCCCC(=O)Nc1ccc(CN[C@@H](C(=O)OC2CCCC2)c2ccccc2)cc1. The van der Waals surface area contributed by atoms with E-state index < -0.39 is 6.04 Å². The fourth-order valence-electron chi connectivity index (χ4n) is 4.99. The van der Waals surface area contributed by atoms with E-state index in [9.17, 15) is 14.4 Å². The van der Waals surface area contributed by atoms with Crippen molar-refractivity contribution in [3.8, 4) is 0 Å². The quantitative estimate of drug-likeness (QED) is 0.0978. The Bertz CT molecular complexity index is 1100. The van der Waals surface area contributed by atoms with Crippen molar-refractivity contribution in [3.05, 3.63) is 65.7 Å². The molecule has 1 aliphatic rings. The molecule has 1 saturated carbocycles. The van der Waals surface area contributed by atoms with Crippen LogP contribution >= 0.6 is 0 Å². The number of hydrogen-bond donors (Lipinski definition) is 2. The molecule has 1 unspecified atom stereocenters. The second-order valence-corrected chi connectivity index (χ2v) is 11.9. The van der Waals surface area contributed by atoms with Crippen molar-refractivity contribution in [2.45, 2.75) is 110 Å². The van der Waals surface area contributed by atoms with Gasteiger partial charge in [0.15, 0.2) is 12.1 Å². The average molecular weight is 595 g/mol. The number of benzene rings is 2. The van der Waals surface area contributed by atoms with Crippen LogP contribution in [0.4, 0.5) is 5.69 Å². The minimum absolute atomic E-state index is 0.0155. The van der Waals surface area contributed by atoms with Gasteiger partial charge < -0.3 is 19.5 Å². The van der Waals surface area contributed by atoms with Crippen molar-refractivity contribution >= 4 is 23.3 Å². The fraction of sp³-hybridized carbons (Fsp3) is 0.571. The molecule has 1 amide bonds. The maximum absolute atomic E-state index is 13.0. The van der Waals surface area contributed by atoms with Gasteiger partial charge in [0.25, 0.3) is 0 Å². The summed E-state index contributed by atoms with van der Waals surface area (Å²) < 4.78 is 16.8. The van der Waals surface area contributed by atoms with E-state index in [0.717, 1.165) is 68.2 Å². The van der Waals surface area contributed by atoms with Crippen molar-refractivity contribution in [1.82, 2.24) is 5.32 Å². The number of unbranched alkanes of at least 4 members (excludes halogenated alkanes) is 3. The van der Waals surface area contributed by atoms with Crippen molar-refractivity contribution in [2.75, 3.05) is 18.5 Å². The number of esters is 1. The summed E-state index contributed by atoms with van der Waals surface area (Å²) in [7, 11) is 0. The van der Waals surface area contributed by atoms with Gasteiger partial charge >= 0.3 is 5.97 Å². The standard InChI is InChI=1S/C35H50N2O6/c1-26(2)24-41-27(3)42-25-31(38)15-9-4-5-10-18-33(39)37-30-21-19-28(20-22-30)23-36-34(29-13-7-6-8-14-29)35(40)43-32-16-11-12-17-32/h6-8,13-14,19-22,26-27,32,34,36H,4-5,9-12,15-18,23-25H2,1-3H3,(H,37,39)/t27?,34-/m1/s1. The summed E-state index contributed by atoms with van der Waals surface area (Å²) in [6.07, 6.45) is 8.02. The topological polar surface area (TPSA) is 103 Å². The molecule has 3 rings (SSSR count). The van der Waals surface area contributed by atoms with Gasteiger partial charge in [0.2, 0.25) is 5.91 Å². The maximum atomic E-state index is 13.0. The van der Waals surface area contributed by atoms with Crippen molar-refractivity contribution in [1.29, 1.82) is 0 Å². The number of ether oxygens (including phenoxy) is 3. The molecule has 2 atom stereocenters. The van der Waals surface area contributed by atoms with E-state index >= 15 is 0 Å². The minimum atomic E-state index is -0.537. The van der Waals surface area contributed by atoms with Gasteiger partial charge in [-0.2, -0.15) is 0 Å². The molecule has 0 aliphatic heterocycles. The fourth-order valence-corrected chi connectivity index (χ4v) is 4.99. The van der Waals surface area contributed by atoms with Gasteiger partial charge in [-0.25, -0.2) is 4.79 Å². The summed E-state index contributed by atoms with van der Waals surface area (Å²) in [4.78, 5) is 37.4. The lowest BCUT2D eigenvalue weighted by Crippen LogP contribution is -2.32. The van der Waals surface area contributed by atoms with Crippen LogP contribution < -0.4 is 10.6 Å². The number of carbonyl (C=O) groups is 3. The van der Waals surface area contributed by atoms with Crippen LogP contribution in [-0.2, 0) is 35.1 Å². The molecule has 8 heteroatoms. The highest BCUT2D eigenvalue weighted by Crippen LogP contribution is 2.24. The van der Waals surface area contributed by atoms with Crippen LogP contribution in [0.2, 0.25) is 0 Å². The van der Waals surface area contributed by atoms with Gasteiger partial charge in [-0.3, -0.25) is 14.9 Å². The molecule has 2 aromatic carbocycles. The van der Waals surface area contributed by atoms with E-state index in [0.29, 0.717) is 31.9 Å². The van der Waals surface area contributed by atoms with E-state index in [-0.39, 0.29) is 36.7 Å². The monoisotopic (exact) mass is 594 g/mol. The van der Waals surface area contributed by atoms with E-state index in [2.05, 4.69) is 24.5 Å². The van der Waals surface area contributed by atoms with Crippen LogP contribution in [0.15, 0.2) is 54.6 Å². The second-order valence-electron chi connectivity index (χ2n) is 11.9. The van der Waals surface area contributed by atoms with Gasteiger partial charge in [-0.15, -0.1) is 0 Å². The normalized spacial score (nSPS) is 14.9. The zero-order valence-corrected chi connectivity index (χ0v) is 26.1. The Morgan fingerprint density at radius 3 is 2.19 bits per heavy atom. The molecule has 0 radical (unpaired) electrons. The van der Waals surface area contributed by atoms with Gasteiger partial charge in [0.05, 0.1) is 6.61 Å². The molecule has 0 heterocycles. The molecule has 0 aromatic heterocycles. The first-order valence-electron chi connectivity index (χ1n) is 15.9. The van der Waals surface area contributed by atoms with E-state index in [1.807, 2.05) is 61.5 Å². The molecule has 0 spiro atoms. The highest BCUT2D eigenvalue weighted by atomic mass is 16.7. The third-order valence-electron chi connectivity index (χ3n) is 7.45. The maximum Gasteiger partial charge on any atom is 0.328 e. The van der Waals surface area contributed by atoms with E-state index in [1.165, 1.54) is 0 Å². The Morgan fingerprint density at radius 1 is 0.837 bits per heavy atom. The van der Waals surface area contributed by atoms with Gasteiger partial charge in [-0.05, 0) is 74.6 Å². The Hall–Kier alpha value is -3.07. The minimum Gasteiger partial charge on any atom is -0.461 e. The number of hydrogen-bond acceptors (Lipinski definition) is 7. The van der Waals surface area contributed by atoms with Crippen LogP contribution in [0.25, 0.3) is 0 Å². The van der Waals surface area contributed by atoms with Crippen molar-refractivity contribution in [2.24, 2.45) is 5.92 Å². The number of amides is 1. The predicted octanol–water partition coefficient (Wildman–Crippen LogP) is 6.89. The zero-order valence-electron chi connectivity index (χ0n) is 26.1. The summed E-state index contributed by atoms with van der Waals surface area (Å²) in [5.41, 5.74) is 2.63. The summed E-state index contributed by atoms with van der Waals surface area (Å²) in [5, 5.41) is 6.32. The zero-order chi connectivity index (χ0) is 30.9. The predicted molar refractivity (Wildman–Crippen MR) is 168 cm³/mol. The first kappa shape index (κ1) is 34.4. The molecule has 236 valence electrons. The smallest absolute Gasteiger partial charge is 0.328 e. The molecular formula is C35H50N2O6. The van der Waals surface area contributed by atoms with Gasteiger partial charge in [0, 0.05) is 25.1 Å². The lowest BCUT2D eigenvalue weighted by Gasteiger charge is -2.21. The molecule has 1 fully saturated rings. The number of nitrogens with one attached hydrogen (secondary N) is 2. The lowest BCUT2D eigenvalue weighted by molar-refractivity contribution is -0.152. The number of anilines is 1. The number of Topliss-reactive ketones (excluding diaryl/α,β-unsaturated/α-hetero) is 1. The molecule has 0 bridgehead atoms. The third kappa shape index (κ3) is 13.8. The Morgan fingerprint density at radius 2 is 1.51 bits per heavy atom. The lowest BCUT2D eigenvalue weighted by atomic mass is 10.1. The van der Waals surface area contributed by atoms with Crippen LogP contribution in [0.1, 0.15) is 102 Å². The van der Waals surface area contributed by atoms with Crippen LogP contribution in [-0.4, -0.2) is 43.3 Å². The first-order chi connectivity index (χ1) is 20.8. The van der Waals surface area contributed by atoms with Crippen LogP contribution in [0.5, 0.6) is 0 Å². The summed E-state index contributed by atoms with van der Waals surface area (Å²) in [5.74, 6) is 0.247. The highest BCUT2D eigenvalue weighted by Gasteiger charge is 2.26. The van der Waals surface area contributed by atoms with Gasteiger partial charge in [-0.1, -0.05) is 69.2 Å². The summed E-state index contributed by atoms with van der Waals surface area (Å²) in [6, 6.07) is 16.8. The largest absolute Gasteiger partial charge is 0.461 e. The van der Waals surface area contributed by atoms with Crippen LogP contribution in [0, 0.1) is 5.92 Å². The summed E-state index contributed by atoms with van der Waals surface area (Å²) in [6.45, 7) is 7.14. The second kappa shape index (κ2) is 19.3. The van der Waals surface area contributed by atoms with Gasteiger partial charge in [0.1, 0.15) is 18.8 Å². The summed E-state index contributed by atoms with van der Waals surface area (Å²) >= 11 is 0. The molecule has 1 aliphatic carbocycles. The molecule has 2 aromatic rings. The highest BCUT2D eigenvalue weighted by molar-refractivity contribution is 5.90. The number of carbonyl (C=O) groups excluding carboxylic acids is 3. The van der Waals surface area contributed by atoms with E-state index in [4.69, 9.17) is 14.2 Å². The third-order valence-corrected chi connectivity index (χ3v) is 7.45. The molecule has 2 N–H and O–H groups in total. The Labute approximate surface area is 257 Å². The number of ketones is 1. The average Bonchev–Trinajstić information content (AvgIpc) is 3.51. The molecular weight excluding hydrogens is 544 g/mol. The first-order valence-corrected chi connectivity index (χ1v) is 15.9. The number of rotatable bonds is 20. The molecule has 0 saturated heterocycles. The molecule has 43 heavy (non-hydrogen) atoms. The molecule has 8 nitrogen and oxygen atoms in total. The van der Waals surface area contributed by atoms with Crippen molar-refractivity contribution < 1.29 is 28.6 Å². The Balaban J connectivity index is 1.31. The van der Waals surface area contributed by atoms with Crippen molar-refractivity contribution in [3.63, 3.8) is 0 Å². The Kier molecular flexibility index (Phi) is 15.4. The van der Waals surface area contributed by atoms with E-state index in [1.54, 1.807) is 0 Å².